The number of nitrogens with one attached hydrogen (secondary N) is 2. The Morgan fingerprint density at radius 1 is 1.11 bits per heavy atom. The van der Waals surface area contributed by atoms with Crippen LogP contribution < -0.4 is 15.4 Å². The highest BCUT2D eigenvalue weighted by Gasteiger charge is 2.23. The molecule has 0 saturated carbocycles. The highest BCUT2D eigenvalue weighted by Crippen LogP contribution is 2.24. The Bertz CT molecular complexity index is 1120. The molecule has 0 aliphatic rings. The van der Waals surface area contributed by atoms with Gasteiger partial charge in [-0.25, -0.2) is 0 Å². The molecule has 1 unspecified atom stereocenters. The Labute approximate surface area is 218 Å². The lowest BCUT2D eigenvalue weighted by atomic mass is 10.1. The maximum atomic E-state index is 12.9. The molecule has 2 amide bonds. The average Bonchev–Trinajstić information content (AvgIpc) is 3.29. The number of nitrogens with zero attached hydrogens (tertiary/aromatic N) is 3. The number of carbonyl (C=O) groups is 2. The number of halogens is 1. The Morgan fingerprint density at radius 2 is 1.83 bits per heavy atom. The maximum Gasteiger partial charge on any atom is 0.251 e. The van der Waals surface area contributed by atoms with E-state index in [1.165, 1.54) is 11.8 Å². The number of methoxy groups -OCH3 is 1. The van der Waals surface area contributed by atoms with Gasteiger partial charge in [-0.2, -0.15) is 11.8 Å². The summed E-state index contributed by atoms with van der Waals surface area (Å²) in [6.07, 6.45) is 2.72. The highest BCUT2D eigenvalue weighted by atomic mass is 35.5. The summed E-state index contributed by atoms with van der Waals surface area (Å²) in [5, 5.41) is 15.9. The van der Waals surface area contributed by atoms with Gasteiger partial charge in [-0.3, -0.25) is 9.59 Å². The molecule has 2 N–H and O–H groups in total. The minimum atomic E-state index is -0.318. The summed E-state index contributed by atoms with van der Waals surface area (Å²) in [4.78, 5) is 25.3. The van der Waals surface area contributed by atoms with E-state index in [-0.39, 0.29) is 23.6 Å². The summed E-state index contributed by atoms with van der Waals surface area (Å²) < 4.78 is 7.11. The van der Waals surface area contributed by atoms with E-state index < -0.39 is 0 Å². The summed E-state index contributed by atoms with van der Waals surface area (Å²) in [6.45, 7) is 2.60. The first-order chi connectivity index (χ1) is 16.9. The molecule has 186 valence electrons. The number of carbonyl (C=O) groups excluding carboxylic acids is 2. The Morgan fingerprint density at radius 3 is 2.46 bits per heavy atom. The fourth-order valence-corrected chi connectivity index (χ4v) is 4.71. The molecular weight excluding hydrogens is 506 g/mol. The second-order valence-corrected chi connectivity index (χ2v) is 9.83. The van der Waals surface area contributed by atoms with Gasteiger partial charge in [-0.1, -0.05) is 23.4 Å². The average molecular weight is 534 g/mol. The van der Waals surface area contributed by atoms with Crippen molar-refractivity contribution >= 4 is 52.6 Å². The molecule has 1 atom stereocenters. The van der Waals surface area contributed by atoms with E-state index in [0.29, 0.717) is 46.0 Å². The van der Waals surface area contributed by atoms with Gasteiger partial charge in [0.2, 0.25) is 5.91 Å². The van der Waals surface area contributed by atoms with E-state index >= 15 is 0 Å². The summed E-state index contributed by atoms with van der Waals surface area (Å²) in [7, 11) is 1.59. The van der Waals surface area contributed by atoms with Crippen LogP contribution in [0.25, 0.3) is 0 Å². The van der Waals surface area contributed by atoms with Gasteiger partial charge in [0.15, 0.2) is 11.0 Å². The number of anilines is 1. The van der Waals surface area contributed by atoms with Crippen molar-refractivity contribution in [1.82, 2.24) is 20.1 Å². The zero-order chi connectivity index (χ0) is 25.2. The minimum Gasteiger partial charge on any atom is -0.497 e. The van der Waals surface area contributed by atoms with Gasteiger partial charge in [0.05, 0.1) is 18.9 Å². The number of rotatable bonds is 12. The Kier molecular flexibility index (Phi) is 10.3. The zero-order valence-electron chi connectivity index (χ0n) is 19.8. The van der Waals surface area contributed by atoms with Crippen molar-refractivity contribution in [2.75, 3.05) is 30.2 Å². The van der Waals surface area contributed by atoms with Crippen molar-refractivity contribution in [2.24, 2.45) is 0 Å². The number of hydrogen-bond acceptors (Lipinski definition) is 7. The number of aromatic nitrogens is 3. The monoisotopic (exact) mass is 533 g/mol. The molecule has 0 aliphatic heterocycles. The van der Waals surface area contributed by atoms with Gasteiger partial charge in [0, 0.05) is 22.8 Å². The molecule has 11 heteroatoms. The largest absolute Gasteiger partial charge is 0.497 e. The van der Waals surface area contributed by atoms with Gasteiger partial charge in [0.1, 0.15) is 5.75 Å². The van der Waals surface area contributed by atoms with Crippen LogP contribution in [-0.4, -0.2) is 51.5 Å². The smallest absolute Gasteiger partial charge is 0.251 e. The van der Waals surface area contributed by atoms with Crippen LogP contribution in [0.1, 0.15) is 35.6 Å². The van der Waals surface area contributed by atoms with Crippen LogP contribution in [-0.2, 0) is 11.3 Å². The minimum absolute atomic E-state index is 0.156. The number of benzene rings is 2. The Balaban J connectivity index is 1.70. The third-order valence-electron chi connectivity index (χ3n) is 5.10. The van der Waals surface area contributed by atoms with Crippen LogP contribution in [0.15, 0.2) is 53.7 Å². The van der Waals surface area contributed by atoms with E-state index in [2.05, 4.69) is 20.8 Å². The van der Waals surface area contributed by atoms with E-state index in [1.807, 2.05) is 17.7 Å². The van der Waals surface area contributed by atoms with Gasteiger partial charge in [-0.05, 0) is 73.9 Å². The highest BCUT2D eigenvalue weighted by molar-refractivity contribution is 7.99. The van der Waals surface area contributed by atoms with Gasteiger partial charge < -0.3 is 19.9 Å². The number of hydrogen-bond donors (Lipinski definition) is 2. The molecule has 1 heterocycles. The fourth-order valence-electron chi connectivity index (χ4n) is 3.31. The molecular formula is C24H28ClN5O3S2. The van der Waals surface area contributed by atoms with Crippen LogP contribution in [0, 0.1) is 0 Å². The predicted octanol–water partition coefficient (Wildman–Crippen LogP) is 4.92. The summed E-state index contributed by atoms with van der Waals surface area (Å²) in [5.74, 6) is 2.03. The number of thioether (sulfide) groups is 2. The van der Waals surface area contributed by atoms with Crippen molar-refractivity contribution in [3.05, 3.63) is 64.9 Å². The molecule has 0 radical (unpaired) electrons. The fraction of sp³-hybridized carbons (Fsp3) is 0.333. The third-order valence-corrected chi connectivity index (χ3v) is 6.96. The molecule has 35 heavy (non-hydrogen) atoms. The van der Waals surface area contributed by atoms with E-state index in [0.717, 1.165) is 5.75 Å². The molecule has 3 aromatic rings. The molecule has 0 bridgehead atoms. The molecule has 3 rings (SSSR count). The molecule has 0 fully saturated rings. The van der Waals surface area contributed by atoms with Crippen LogP contribution in [0.3, 0.4) is 0 Å². The normalized spacial score (nSPS) is 11.7. The Hall–Kier alpha value is -2.69. The van der Waals surface area contributed by atoms with E-state index in [1.54, 1.807) is 67.4 Å². The first kappa shape index (κ1) is 26.9. The molecule has 0 aliphatic carbocycles. The zero-order valence-corrected chi connectivity index (χ0v) is 22.2. The third kappa shape index (κ3) is 7.65. The standard InChI is InChI=1S/C24H28ClN5O3S2/c1-4-30-22(20(13-14-34-3)27-23(32)16-5-11-19(33-2)12-6-16)28-29-24(30)35-15-21(31)26-18-9-7-17(25)8-10-18/h5-12,20H,4,13-15H2,1-3H3,(H,26,31)(H,27,32). The molecule has 1 aromatic heterocycles. The quantitative estimate of drug-likeness (QED) is 0.319. The lowest BCUT2D eigenvalue weighted by molar-refractivity contribution is -0.113. The molecule has 2 aromatic carbocycles. The van der Waals surface area contributed by atoms with Crippen molar-refractivity contribution < 1.29 is 14.3 Å². The van der Waals surface area contributed by atoms with Crippen LogP contribution in [0.2, 0.25) is 5.02 Å². The second-order valence-electron chi connectivity index (χ2n) is 7.46. The van der Waals surface area contributed by atoms with Crippen molar-refractivity contribution in [2.45, 2.75) is 31.1 Å². The second kappa shape index (κ2) is 13.4. The number of ether oxygens (including phenoxy) is 1. The first-order valence-electron chi connectivity index (χ1n) is 11.0. The van der Waals surface area contributed by atoms with Crippen LogP contribution in [0.5, 0.6) is 5.75 Å². The van der Waals surface area contributed by atoms with E-state index in [4.69, 9.17) is 16.3 Å². The van der Waals surface area contributed by atoms with Gasteiger partial charge in [-0.15, -0.1) is 10.2 Å². The van der Waals surface area contributed by atoms with Crippen LogP contribution in [0.4, 0.5) is 5.69 Å². The molecule has 0 saturated heterocycles. The predicted molar refractivity (Wildman–Crippen MR) is 143 cm³/mol. The first-order valence-corrected chi connectivity index (χ1v) is 13.8. The lowest BCUT2D eigenvalue weighted by Crippen LogP contribution is -2.31. The topological polar surface area (TPSA) is 98.1 Å². The van der Waals surface area contributed by atoms with Crippen molar-refractivity contribution in [1.29, 1.82) is 0 Å². The number of amides is 2. The van der Waals surface area contributed by atoms with Gasteiger partial charge in [0.25, 0.3) is 5.91 Å². The molecule has 8 nitrogen and oxygen atoms in total. The SMILES string of the molecule is CCn1c(SCC(=O)Nc2ccc(Cl)cc2)nnc1C(CCSC)NC(=O)c1ccc(OC)cc1. The van der Waals surface area contributed by atoms with Gasteiger partial charge >= 0.3 is 0 Å². The summed E-state index contributed by atoms with van der Waals surface area (Å²) >= 11 is 8.89. The summed E-state index contributed by atoms with van der Waals surface area (Å²) in [6, 6.07) is 13.6. The summed E-state index contributed by atoms with van der Waals surface area (Å²) in [5.41, 5.74) is 1.21. The molecule has 0 spiro atoms. The van der Waals surface area contributed by atoms with E-state index in [9.17, 15) is 9.59 Å². The lowest BCUT2D eigenvalue weighted by Gasteiger charge is -2.19. The maximum absolute atomic E-state index is 12.9. The van der Waals surface area contributed by atoms with Crippen molar-refractivity contribution in [3.63, 3.8) is 0 Å². The van der Waals surface area contributed by atoms with Crippen molar-refractivity contribution in [3.8, 4) is 5.75 Å². The van der Waals surface area contributed by atoms with Crippen LogP contribution >= 0.6 is 35.1 Å².